The summed E-state index contributed by atoms with van der Waals surface area (Å²) >= 11 is 5.80. The van der Waals surface area contributed by atoms with Gasteiger partial charge in [0.25, 0.3) is 5.91 Å². The van der Waals surface area contributed by atoms with Crippen LogP contribution in [0.25, 0.3) is 10.9 Å². The molecule has 0 aliphatic carbocycles. The van der Waals surface area contributed by atoms with Crippen molar-refractivity contribution in [2.24, 2.45) is 0 Å². The monoisotopic (exact) mass is 367 g/mol. The molecule has 0 saturated heterocycles. The van der Waals surface area contributed by atoms with Gasteiger partial charge in [0.05, 0.1) is 11.9 Å². The lowest BCUT2D eigenvalue weighted by Crippen LogP contribution is -2.35. The van der Waals surface area contributed by atoms with Gasteiger partial charge in [-0.2, -0.15) is 0 Å². The highest BCUT2D eigenvalue weighted by atomic mass is 35.5. The lowest BCUT2D eigenvalue weighted by molar-refractivity contribution is -0.120. The summed E-state index contributed by atoms with van der Waals surface area (Å²) in [5.74, 6) is -0.307. The van der Waals surface area contributed by atoms with Gasteiger partial charge in [0, 0.05) is 35.3 Å². The third-order valence-electron chi connectivity index (χ3n) is 3.91. The van der Waals surface area contributed by atoms with E-state index in [0.29, 0.717) is 23.7 Å². The van der Waals surface area contributed by atoms with Crippen LogP contribution in [0.4, 0.5) is 0 Å². The molecule has 0 unspecified atom stereocenters. The zero-order valence-corrected chi connectivity index (χ0v) is 14.8. The fourth-order valence-electron chi connectivity index (χ4n) is 2.63. The van der Waals surface area contributed by atoms with Gasteiger partial charge in [-0.1, -0.05) is 35.9 Å². The summed E-state index contributed by atoms with van der Waals surface area (Å²) < 4.78 is 0. The lowest BCUT2D eigenvalue weighted by Gasteiger charge is -2.08. The summed E-state index contributed by atoms with van der Waals surface area (Å²) in [6.45, 7) is 0.706. The molecule has 26 heavy (non-hydrogen) atoms. The number of carbonyl (C=O) groups excluding carboxylic acids is 2. The molecule has 0 bridgehead atoms. The van der Waals surface area contributed by atoms with E-state index in [4.69, 9.17) is 11.6 Å². The number of halogens is 1. The van der Waals surface area contributed by atoms with Crippen LogP contribution < -0.4 is 10.6 Å². The predicted molar refractivity (Wildman–Crippen MR) is 102 cm³/mol. The minimum atomic E-state index is -0.200. The van der Waals surface area contributed by atoms with Gasteiger partial charge in [0.15, 0.2) is 0 Å². The van der Waals surface area contributed by atoms with Gasteiger partial charge in [-0.15, -0.1) is 0 Å². The first-order valence-corrected chi connectivity index (χ1v) is 8.64. The minimum Gasteiger partial charge on any atom is -0.354 e. The summed E-state index contributed by atoms with van der Waals surface area (Å²) in [6, 6.07) is 16.3. The molecule has 2 amide bonds. The number of aromatic nitrogens is 1. The van der Waals surface area contributed by atoms with Gasteiger partial charge in [-0.25, -0.2) is 0 Å². The number of fused-ring (bicyclic) bond motifs is 1. The van der Waals surface area contributed by atoms with Crippen molar-refractivity contribution in [1.82, 2.24) is 15.6 Å². The molecule has 0 saturated carbocycles. The van der Waals surface area contributed by atoms with Gasteiger partial charge in [-0.05, 0) is 35.9 Å². The molecule has 6 heteroatoms. The maximum absolute atomic E-state index is 12.1. The molecule has 3 aromatic rings. The summed E-state index contributed by atoms with van der Waals surface area (Å²) in [7, 11) is 0. The van der Waals surface area contributed by atoms with Crippen molar-refractivity contribution >= 4 is 34.3 Å². The summed E-state index contributed by atoms with van der Waals surface area (Å²) in [5, 5.41) is 7.16. The second-order valence-electron chi connectivity index (χ2n) is 5.78. The zero-order chi connectivity index (χ0) is 18.4. The summed E-state index contributed by atoms with van der Waals surface area (Å²) in [4.78, 5) is 28.5. The van der Waals surface area contributed by atoms with Crippen molar-refractivity contribution in [3.05, 3.63) is 76.9 Å². The highest BCUT2D eigenvalue weighted by Gasteiger charge is 2.08. The summed E-state index contributed by atoms with van der Waals surface area (Å²) in [6.07, 6.45) is 1.97. The van der Waals surface area contributed by atoms with E-state index < -0.39 is 0 Å². The first-order chi connectivity index (χ1) is 12.6. The Hall–Kier alpha value is -2.92. The number of pyridine rings is 1. The molecule has 0 spiro atoms. The highest BCUT2D eigenvalue weighted by molar-refractivity contribution is 6.30. The quantitative estimate of drug-likeness (QED) is 0.658. The Balaban J connectivity index is 1.47. The number of amides is 2. The first-order valence-electron chi connectivity index (χ1n) is 8.26. The second-order valence-corrected chi connectivity index (χ2v) is 6.22. The molecule has 2 N–H and O–H groups in total. The van der Waals surface area contributed by atoms with E-state index in [0.717, 1.165) is 16.5 Å². The van der Waals surface area contributed by atoms with Crippen molar-refractivity contribution in [3.63, 3.8) is 0 Å². The van der Waals surface area contributed by atoms with Crippen LogP contribution in [0, 0.1) is 0 Å². The third kappa shape index (κ3) is 4.58. The second kappa shape index (κ2) is 8.45. The number of benzene rings is 2. The van der Waals surface area contributed by atoms with E-state index in [2.05, 4.69) is 15.6 Å². The number of carbonyl (C=O) groups is 2. The van der Waals surface area contributed by atoms with Crippen molar-refractivity contribution in [3.8, 4) is 0 Å². The van der Waals surface area contributed by atoms with Crippen LogP contribution in [0.1, 0.15) is 15.9 Å². The van der Waals surface area contributed by atoms with Crippen LogP contribution in [0.3, 0.4) is 0 Å². The Morgan fingerprint density at radius 3 is 2.46 bits per heavy atom. The van der Waals surface area contributed by atoms with E-state index in [1.807, 2.05) is 30.3 Å². The van der Waals surface area contributed by atoms with Gasteiger partial charge in [0.1, 0.15) is 0 Å². The maximum Gasteiger partial charge on any atom is 0.251 e. The van der Waals surface area contributed by atoms with Crippen LogP contribution in [-0.4, -0.2) is 29.9 Å². The molecule has 1 heterocycles. The smallest absolute Gasteiger partial charge is 0.251 e. The Bertz CT molecular complexity index is 920. The number of para-hydroxylation sites is 1. The maximum atomic E-state index is 12.1. The molecule has 2 aromatic carbocycles. The van der Waals surface area contributed by atoms with Crippen LogP contribution in [-0.2, 0) is 11.2 Å². The van der Waals surface area contributed by atoms with E-state index >= 15 is 0 Å². The Morgan fingerprint density at radius 1 is 0.923 bits per heavy atom. The molecule has 5 nitrogen and oxygen atoms in total. The molecular weight excluding hydrogens is 350 g/mol. The van der Waals surface area contributed by atoms with Gasteiger partial charge in [0.2, 0.25) is 5.91 Å². The number of nitrogens with zero attached hydrogens (tertiary/aromatic N) is 1. The lowest BCUT2D eigenvalue weighted by atomic mass is 10.1. The molecule has 132 valence electrons. The third-order valence-corrected chi connectivity index (χ3v) is 4.16. The zero-order valence-electron chi connectivity index (χ0n) is 14.0. The van der Waals surface area contributed by atoms with E-state index in [9.17, 15) is 9.59 Å². The minimum absolute atomic E-state index is 0.108. The Kier molecular flexibility index (Phi) is 5.81. The Morgan fingerprint density at radius 2 is 1.65 bits per heavy atom. The molecule has 1 aromatic heterocycles. The molecule has 0 atom stereocenters. The molecule has 0 aliphatic rings. The van der Waals surface area contributed by atoms with Crippen LogP contribution >= 0.6 is 11.6 Å². The van der Waals surface area contributed by atoms with Crippen LogP contribution in [0.5, 0.6) is 0 Å². The van der Waals surface area contributed by atoms with Crippen LogP contribution in [0.15, 0.2) is 60.8 Å². The predicted octanol–water partition coefficient (Wildman–Crippen LogP) is 2.98. The number of hydrogen-bond acceptors (Lipinski definition) is 3. The normalized spacial score (nSPS) is 10.5. The number of rotatable bonds is 6. The van der Waals surface area contributed by atoms with Crippen molar-refractivity contribution in [1.29, 1.82) is 0 Å². The van der Waals surface area contributed by atoms with E-state index in [1.165, 1.54) is 0 Å². The molecular formula is C20H18ClN3O2. The first kappa shape index (κ1) is 17.9. The van der Waals surface area contributed by atoms with E-state index in [-0.39, 0.29) is 18.2 Å². The average Bonchev–Trinajstić information content (AvgIpc) is 2.66. The number of hydrogen-bond donors (Lipinski definition) is 2. The largest absolute Gasteiger partial charge is 0.354 e. The fourth-order valence-corrected chi connectivity index (χ4v) is 2.75. The van der Waals surface area contributed by atoms with Gasteiger partial charge < -0.3 is 10.6 Å². The van der Waals surface area contributed by atoms with Crippen molar-refractivity contribution < 1.29 is 9.59 Å². The molecule has 3 rings (SSSR count). The molecule has 0 fully saturated rings. The van der Waals surface area contributed by atoms with Gasteiger partial charge in [-0.3, -0.25) is 14.6 Å². The van der Waals surface area contributed by atoms with E-state index in [1.54, 1.807) is 30.5 Å². The molecule has 0 radical (unpaired) electrons. The Labute approximate surface area is 156 Å². The van der Waals surface area contributed by atoms with Crippen molar-refractivity contribution in [2.45, 2.75) is 6.42 Å². The number of nitrogens with one attached hydrogen (secondary N) is 2. The van der Waals surface area contributed by atoms with Gasteiger partial charge >= 0.3 is 0 Å². The standard InChI is InChI=1S/C20H18ClN3O2/c21-17-8-6-15(7-9-17)20(26)24-12-11-22-18(25)13-16-4-1-3-14-5-2-10-23-19(14)16/h1-10H,11-13H2,(H,22,25)(H,24,26). The topological polar surface area (TPSA) is 71.1 Å². The summed E-state index contributed by atoms with van der Waals surface area (Å²) in [5.41, 5.74) is 2.24. The SMILES string of the molecule is O=C(Cc1cccc2cccnc12)NCCNC(=O)c1ccc(Cl)cc1. The highest BCUT2D eigenvalue weighted by Crippen LogP contribution is 2.16. The van der Waals surface area contributed by atoms with Crippen LogP contribution in [0.2, 0.25) is 5.02 Å². The molecule has 0 aliphatic heterocycles. The fraction of sp³-hybridized carbons (Fsp3) is 0.150. The average molecular weight is 368 g/mol. The van der Waals surface area contributed by atoms with Crippen molar-refractivity contribution in [2.75, 3.05) is 13.1 Å².